The highest BCUT2D eigenvalue weighted by atomic mass is 35.5. The Morgan fingerprint density at radius 1 is 1.22 bits per heavy atom. The fourth-order valence-corrected chi connectivity index (χ4v) is 5.01. The van der Waals surface area contributed by atoms with Gasteiger partial charge in [0.25, 0.3) is 0 Å². The van der Waals surface area contributed by atoms with E-state index in [-0.39, 0.29) is 33.6 Å². The van der Waals surface area contributed by atoms with Crippen molar-refractivity contribution < 1.29 is 36.2 Å². The molecule has 1 heterocycles. The molecule has 2 aromatic carbocycles. The lowest BCUT2D eigenvalue weighted by Crippen LogP contribution is -2.08. The van der Waals surface area contributed by atoms with Crippen LogP contribution in [0.5, 0.6) is 11.5 Å². The molecule has 0 fully saturated rings. The van der Waals surface area contributed by atoms with Gasteiger partial charge in [0.15, 0.2) is 9.84 Å². The predicted octanol–water partition coefficient (Wildman–Crippen LogP) is 4.50. The zero-order chi connectivity index (χ0) is 20.0. The number of carboxylic acid groups (broad SMARTS) is 1. The topological polar surface area (TPSA) is 80.7 Å². The molecule has 2 aromatic rings. The van der Waals surface area contributed by atoms with E-state index in [1.807, 2.05) is 0 Å². The van der Waals surface area contributed by atoms with Crippen LogP contribution in [0.1, 0.15) is 23.5 Å². The summed E-state index contributed by atoms with van der Waals surface area (Å²) in [5.41, 5.74) is -0.559. The molecule has 144 valence electrons. The Balaban J connectivity index is 1.91. The molecule has 1 aliphatic rings. The average molecular weight is 421 g/mol. The number of carboxylic acids is 1. The van der Waals surface area contributed by atoms with E-state index in [2.05, 4.69) is 0 Å². The van der Waals surface area contributed by atoms with Crippen LogP contribution in [-0.4, -0.2) is 25.2 Å². The van der Waals surface area contributed by atoms with Crippen molar-refractivity contribution in [3.63, 3.8) is 0 Å². The second-order valence-electron chi connectivity index (χ2n) is 6.02. The molecule has 0 saturated carbocycles. The molecule has 27 heavy (non-hydrogen) atoms. The Labute approximate surface area is 157 Å². The number of ether oxygens (including phenoxy) is 1. The monoisotopic (exact) mass is 420 g/mol. The van der Waals surface area contributed by atoms with E-state index in [1.165, 1.54) is 18.2 Å². The van der Waals surface area contributed by atoms with Gasteiger partial charge >= 0.3 is 12.1 Å². The van der Waals surface area contributed by atoms with Crippen LogP contribution in [0.3, 0.4) is 0 Å². The summed E-state index contributed by atoms with van der Waals surface area (Å²) < 4.78 is 68.0. The minimum atomic E-state index is -4.55. The van der Waals surface area contributed by atoms with Crippen LogP contribution >= 0.6 is 11.6 Å². The summed E-state index contributed by atoms with van der Waals surface area (Å²) >= 11 is 5.83. The number of alkyl halides is 3. The highest BCUT2D eigenvalue weighted by Gasteiger charge is 2.36. The van der Waals surface area contributed by atoms with Gasteiger partial charge < -0.3 is 9.84 Å². The second kappa shape index (κ2) is 6.72. The van der Waals surface area contributed by atoms with E-state index in [0.29, 0.717) is 11.6 Å². The van der Waals surface area contributed by atoms with Gasteiger partial charge in [-0.05, 0) is 35.9 Å². The molecular formula is C17H12ClF3O5S. The molecule has 0 bridgehead atoms. The summed E-state index contributed by atoms with van der Waals surface area (Å²) in [6, 6.07) is 6.64. The van der Waals surface area contributed by atoms with E-state index in [4.69, 9.17) is 21.4 Å². The molecule has 1 N–H and O–H groups in total. The van der Waals surface area contributed by atoms with Crippen LogP contribution in [-0.2, 0) is 20.8 Å². The molecule has 0 amide bonds. The number of aliphatic carboxylic acids is 1. The fraction of sp³-hybridized carbons (Fsp3) is 0.235. The van der Waals surface area contributed by atoms with Crippen LogP contribution < -0.4 is 4.74 Å². The number of sulfone groups is 1. The smallest absolute Gasteiger partial charge is 0.416 e. The van der Waals surface area contributed by atoms with Crippen molar-refractivity contribution >= 4 is 27.4 Å². The van der Waals surface area contributed by atoms with Gasteiger partial charge in [0.2, 0.25) is 0 Å². The predicted molar refractivity (Wildman–Crippen MR) is 90.0 cm³/mol. The Kier molecular flexibility index (Phi) is 4.85. The number of carbonyl (C=O) groups is 1. The maximum absolute atomic E-state index is 12.7. The summed E-state index contributed by atoms with van der Waals surface area (Å²) in [5, 5.41) is 8.63. The molecule has 0 saturated heterocycles. The molecule has 1 atom stereocenters. The molecule has 0 aromatic heterocycles. The molecule has 1 aliphatic heterocycles. The Hall–Kier alpha value is -2.26. The lowest BCUT2D eigenvalue weighted by molar-refractivity contribution is -0.138. The normalized spacial score (nSPS) is 18.1. The van der Waals surface area contributed by atoms with Crippen molar-refractivity contribution in [3.8, 4) is 11.5 Å². The fourth-order valence-electron chi connectivity index (χ4n) is 2.90. The third kappa shape index (κ3) is 4.03. The van der Waals surface area contributed by atoms with Gasteiger partial charge in [-0.25, -0.2) is 8.42 Å². The number of rotatable bonds is 4. The van der Waals surface area contributed by atoms with E-state index < -0.39 is 33.5 Å². The summed E-state index contributed by atoms with van der Waals surface area (Å²) in [6.45, 7) is 0. The van der Waals surface area contributed by atoms with Crippen LogP contribution in [0, 0.1) is 0 Å². The maximum atomic E-state index is 12.7. The van der Waals surface area contributed by atoms with Gasteiger partial charge in [-0.2, -0.15) is 13.2 Å². The van der Waals surface area contributed by atoms with Crippen LogP contribution in [0.4, 0.5) is 13.2 Å². The van der Waals surface area contributed by atoms with E-state index in [1.54, 1.807) is 0 Å². The number of benzene rings is 2. The van der Waals surface area contributed by atoms with Crippen molar-refractivity contribution in [2.24, 2.45) is 0 Å². The van der Waals surface area contributed by atoms with E-state index >= 15 is 0 Å². The molecule has 0 aliphatic carbocycles. The molecule has 1 unspecified atom stereocenters. The largest absolute Gasteiger partial charge is 0.481 e. The van der Waals surface area contributed by atoms with Crippen molar-refractivity contribution in [1.82, 2.24) is 0 Å². The minimum absolute atomic E-state index is 0.0470. The minimum Gasteiger partial charge on any atom is -0.481 e. The quantitative estimate of drug-likeness (QED) is 0.787. The first-order valence-corrected chi connectivity index (χ1v) is 9.63. The zero-order valence-corrected chi connectivity index (χ0v) is 15.0. The number of fused-ring (bicyclic) bond motifs is 1. The maximum Gasteiger partial charge on any atom is 0.416 e. The van der Waals surface area contributed by atoms with Crippen molar-refractivity contribution in [1.29, 1.82) is 0 Å². The molecule has 5 nitrogen and oxygen atoms in total. The van der Waals surface area contributed by atoms with E-state index in [9.17, 15) is 26.4 Å². The Bertz CT molecular complexity index is 1020. The van der Waals surface area contributed by atoms with Gasteiger partial charge in [0.1, 0.15) is 11.5 Å². The molecule has 3 rings (SSSR count). The lowest BCUT2D eigenvalue weighted by atomic mass is 9.98. The lowest BCUT2D eigenvalue weighted by Gasteiger charge is -2.12. The summed E-state index contributed by atoms with van der Waals surface area (Å²) in [7, 11) is -3.68. The third-order valence-electron chi connectivity index (χ3n) is 4.09. The molecular weight excluding hydrogens is 409 g/mol. The summed E-state index contributed by atoms with van der Waals surface area (Å²) in [4.78, 5) is 10.9. The highest BCUT2D eigenvalue weighted by molar-refractivity contribution is 7.91. The number of halogens is 4. The molecule has 0 radical (unpaired) electrons. The Morgan fingerprint density at radius 3 is 2.52 bits per heavy atom. The van der Waals surface area contributed by atoms with Crippen molar-refractivity contribution in [2.75, 3.05) is 5.75 Å². The molecule has 0 spiro atoms. The van der Waals surface area contributed by atoms with E-state index in [0.717, 1.165) is 12.1 Å². The van der Waals surface area contributed by atoms with Crippen molar-refractivity contribution in [3.05, 3.63) is 52.5 Å². The molecule has 10 heteroatoms. The average Bonchev–Trinajstić information content (AvgIpc) is 2.78. The first-order chi connectivity index (χ1) is 12.5. The zero-order valence-electron chi connectivity index (χ0n) is 13.5. The standard InChI is InChI=1S/C17H12ClF3O5S/c18-13-6-10(17(19,20)21)1-4-14(13)26-11-2-3-12-9(5-16(22)23)8-27(24,25)15(12)7-11/h1-4,6-7,9H,5,8H2,(H,22,23). The van der Waals surface area contributed by atoms with Gasteiger partial charge in [-0.3, -0.25) is 4.79 Å². The first kappa shape index (κ1) is 19.5. The summed E-state index contributed by atoms with van der Waals surface area (Å²) in [6.07, 6.45) is -4.87. The van der Waals surface area contributed by atoms with Crippen molar-refractivity contribution in [2.45, 2.75) is 23.4 Å². The van der Waals surface area contributed by atoms with Crippen LogP contribution in [0.2, 0.25) is 5.02 Å². The Morgan fingerprint density at radius 2 is 1.93 bits per heavy atom. The van der Waals surface area contributed by atoms with Gasteiger partial charge in [0.05, 0.1) is 27.7 Å². The number of hydrogen-bond acceptors (Lipinski definition) is 4. The number of hydrogen-bond donors (Lipinski definition) is 1. The van der Waals surface area contributed by atoms with Gasteiger partial charge in [-0.15, -0.1) is 0 Å². The second-order valence-corrected chi connectivity index (χ2v) is 8.43. The van der Waals surface area contributed by atoms with Gasteiger partial charge in [0, 0.05) is 5.92 Å². The summed E-state index contributed by atoms with van der Waals surface area (Å²) in [5.74, 6) is -2.10. The van der Waals surface area contributed by atoms with Gasteiger partial charge in [-0.1, -0.05) is 17.7 Å². The van der Waals surface area contributed by atoms with Crippen LogP contribution in [0.15, 0.2) is 41.3 Å². The highest BCUT2D eigenvalue weighted by Crippen LogP contribution is 2.41. The van der Waals surface area contributed by atoms with Crippen LogP contribution in [0.25, 0.3) is 0 Å². The SMILES string of the molecule is O=C(O)CC1CS(=O)(=O)c2cc(Oc3ccc(C(F)(F)F)cc3Cl)ccc21. The third-order valence-corrected chi connectivity index (χ3v) is 6.25. The first-order valence-electron chi connectivity index (χ1n) is 7.60.